The van der Waals surface area contributed by atoms with Crippen LogP contribution in [0.4, 0.5) is 5.69 Å². The van der Waals surface area contributed by atoms with Crippen molar-refractivity contribution < 1.29 is 4.79 Å². The number of halogens is 1. The fourth-order valence-electron chi connectivity index (χ4n) is 2.92. The molecule has 0 unspecified atom stereocenters. The first-order valence-electron chi connectivity index (χ1n) is 8.16. The molecule has 3 rings (SSSR count). The first-order valence-corrected chi connectivity index (χ1v) is 9.48. The second-order valence-corrected chi connectivity index (χ2v) is 7.28. The Labute approximate surface area is 152 Å². The molecule has 24 heavy (non-hydrogen) atoms. The maximum atomic E-state index is 12.5. The molecule has 1 aliphatic heterocycles. The van der Waals surface area contributed by atoms with Crippen molar-refractivity contribution in [3.63, 3.8) is 0 Å². The average molecular weight is 364 g/mol. The lowest BCUT2D eigenvalue weighted by Crippen LogP contribution is -2.52. The highest BCUT2D eigenvalue weighted by molar-refractivity contribution is 7.07. The molecular weight excluding hydrogens is 342 g/mol. The number of anilines is 1. The summed E-state index contributed by atoms with van der Waals surface area (Å²) in [6.45, 7) is 6.74. The van der Waals surface area contributed by atoms with Gasteiger partial charge in [0.2, 0.25) is 5.91 Å². The van der Waals surface area contributed by atoms with E-state index in [9.17, 15) is 4.79 Å². The molecule has 1 fully saturated rings. The minimum atomic E-state index is -0.162. The maximum absolute atomic E-state index is 12.5. The fourth-order valence-corrected chi connectivity index (χ4v) is 3.76. The first-order chi connectivity index (χ1) is 11.6. The van der Waals surface area contributed by atoms with Crippen LogP contribution in [-0.4, -0.2) is 47.9 Å². The Morgan fingerprint density at radius 2 is 2.00 bits per heavy atom. The van der Waals surface area contributed by atoms with Crippen molar-refractivity contribution >= 4 is 34.5 Å². The first kappa shape index (κ1) is 17.4. The molecule has 1 aliphatic rings. The summed E-state index contributed by atoms with van der Waals surface area (Å²) in [7, 11) is 0. The highest BCUT2D eigenvalue weighted by atomic mass is 35.5. The third-order valence-electron chi connectivity index (χ3n) is 4.45. The Balaban J connectivity index is 1.50. The fraction of sp³-hybridized carbons (Fsp3) is 0.389. The number of carbonyl (C=O) groups is 1. The molecule has 2 aromatic rings. The van der Waals surface area contributed by atoms with E-state index >= 15 is 0 Å². The van der Waals surface area contributed by atoms with E-state index in [1.165, 1.54) is 5.56 Å². The normalized spacial score (nSPS) is 17.6. The summed E-state index contributed by atoms with van der Waals surface area (Å²) in [5.41, 5.74) is 2.05. The molecular formula is C18H22ClN3OS. The number of hydrogen-bond acceptors (Lipinski definition) is 4. The van der Waals surface area contributed by atoms with Gasteiger partial charge in [0, 0.05) is 32.7 Å². The lowest BCUT2D eigenvalue weighted by Gasteiger charge is -2.37. The second-order valence-electron chi connectivity index (χ2n) is 6.09. The lowest BCUT2D eigenvalue weighted by atomic mass is 10.2. The van der Waals surface area contributed by atoms with Gasteiger partial charge in [-0.3, -0.25) is 14.6 Å². The van der Waals surface area contributed by atoms with Gasteiger partial charge in [0.05, 0.1) is 16.8 Å². The molecule has 1 N–H and O–H groups in total. The zero-order valence-corrected chi connectivity index (χ0v) is 15.3. The summed E-state index contributed by atoms with van der Waals surface area (Å²) in [6.07, 6.45) is 0. The molecule has 0 saturated carbocycles. The SMILES string of the molecule is C[C@H](C(=O)Nc1ccccc1Cl)N1CCN(Cc2ccsc2)CC1. The number of amides is 1. The average Bonchev–Trinajstić information content (AvgIpc) is 3.10. The minimum absolute atomic E-state index is 0.00520. The Morgan fingerprint density at radius 3 is 2.67 bits per heavy atom. The molecule has 6 heteroatoms. The van der Waals surface area contributed by atoms with Gasteiger partial charge in [0.15, 0.2) is 0 Å². The number of nitrogens with zero attached hydrogens (tertiary/aromatic N) is 2. The highest BCUT2D eigenvalue weighted by Gasteiger charge is 2.25. The van der Waals surface area contributed by atoms with Crippen molar-refractivity contribution in [1.29, 1.82) is 0 Å². The summed E-state index contributed by atoms with van der Waals surface area (Å²) in [5.74, 6) is -0.00520. The van der Waals surface area contributed by atoms with E-state index in [1.54, 1.807) is 17.4 Å². The number of thiophene rings is 1. The largest absolute Gasteiger partial charge is 0.323 e. The summed E-state index contributed by atoms with van der Waals surface area (Å²) >= 11 is 7.85. The Kier molecular flexibility index (Phi) is 5.89. The molecule has 0 radical (unpaired) electrons. The van der Waals surface area contributed by atoms with E-state index in [2.05, 4.69) is 31.9 Å². The van der Waals surface area contributed by atoms with Crippen LogP contribution in [0.15, 0.2) is 41.1 Å². The van der Waals surface area contributed by atoms with Crippen LogP contribution in [0, 0.1) is 0 Å². The van der Waals surface area contributed by atoms with Crippen LogP contribution >= 0.6 is 22.9 Å². The minimum Gasteiger partial charge on any atom is -0.323 e. The number of nitrogens with one attached hydrogen (secondary N) is 1. The van der Waals surface area contributed by atoms with Crippen molar-refractivity contribution in [1.82, 2.24) is 9.80 Å². The smallest absolute Gasteiger partial charge is 0.241 e. The van der Waals surface area contributed by atoms with Gasteiger partial charge in [-0.25, -0.2) is 0 Å². The predicted molar refractivity (Wildman–Crippen MR) is 101 cm³/mol. The Bertz CT molecular complexity index is 669. The number of carbonyl (C=O) groups excluding carboxylic acids is 1. The van der Waals surface area contributed by atoms with E-state index in [0.717, 1.165) is 32.7 Å². The van der Waals surface area contributed by atoms with Crippen molar-refractivity contribution in [2.75, 3.05) is 31.5 Å². The van der Waals surface area contributed by atoms with Crippen molar-refractivity contribution in [2.24, 2.45) is 0 Å². The third-order valence-corrected chi connectivity index (χ3v) is 5.51. The topological polar surface area (TPSA) is 35.6 Å². The molecule has 1 atom stereocenters. The number of hydrogen-bond donors (Lipinski definition) is 1. The zero-order valence-electron chi connectivity index (χ0n) is 13.7. The molecule has 1 aromatic heterocycles. The summed E-state index contributed by atoms with van der Waals surface area (Å²) in [4.78, 5) is 17.2. The summed E-state index contributed by atoms with van der Waals surface area (Å²) in [6, 6.07) is 9.35. The van der Waals surface area contributed by atoms with Gasteiger partial charge in [0.25, 0.3) is 0 Å². The Hall–Kier alpha value is -1.40. The molecule has 4 nitrogen and oxygen atoms in total. The molecule has 1 saturated heterocycles. The summed E-state index contributed by atoms with van der Waals surface area (Å²) < 4.78 is 0. The Morgan fingerprint density at radius 1 is 1.25 bits per heavy atom. The van der Waals surface area contributed by atoms with Gasteiger partial charge in [-0.05, 0) is 41.4 Å². The predicted octanol–water partition coefficient (Wildman–Crippen LogP) is 3.55. The number of piperazine rings is 1. The maximum Gasteiger partial charge on any atom is 0.241 e. The lowest BCUT2D eigenvalue weighted by molar-refractivity contribution is -0.121. The van der Waals surface area contributed by atoms with Crippen LogP contribution in [0.3, 0.4) is 0 Å². The van der Waals surface area contributed by atoms with Crippen LogP contribution in [-0.2, 0) is 11.3 Å². The van der Waals surface area contributed by atoms with Crippen LogP contribution in [0.2, 0.25) is 5.02 Å². The van der Waals surface area contributed by atoms with Crippen molar-refractivity contribution in [2.45, 2.75) is 19.5 Å². The monoisotopic (exact) mass is 363 g/mol. The van der Waals surface area contributed by atoms with Crippen LogP contribution < -0.4 is 5.32 Å². The van der Waals surface area contributed by atoms with Crippen molar-refractivity contribution in [3.05, 3.63) is 51.7 Å². The molecule has 0 bridgehead atoms. The van der Waals surface area contributed by atoms with E-state index in [4.69, 9.17) is 11.6 Å². The number of benzene rings is 1. The molecule has 0 spiro atoms. The standard InChI is InChI=1S/C18H22ClN3OS/c1-14(18(23)20-17-5-3-2-4-16(17)19)22-9-7-21(8-10-22)12-15-6-11-24-13-15/h2-6,11,13-14H,7-10,12H2,1H3,(H,20,23)/t14-/m1/s1. The van der Waals surface area contributed by atoms with Gasteiger partial charge < -0.3 is 5.32 Å². The molecule has 1 amide bonds. The van der Waals surface area contributed by atoms with Crippen LogP contribution in [0.25, 0.3) is 0 Å². The molecule has 128 valence electrons. The third kappa shape index (κ3) is 4.36. The van der Waals surface area contributed by atoms with Gasteiger partial charge in [0.1, 0.15) is 0 Å². The van der Waals surface area contributed by atoms with Crippen LogP contribution in [0.1, 0.15) is 12.5 Å². The summed E-state index contributed by atoms with van der Waals surface area (Å²) in [5, 5.41) is 7.82. The van der Waals surface area contributed by atoms with Gasteiger partial charge in [-0.15, -0.1) is 0 Å². The van der Waals surface area contributed by atoms with E-state index in [1.807, 2.05) is 25.1 Å². The highest BCUT2D eigenvalue weighted by Crippen LogP contribution is 2.21. The quantitative estimate of drug-likeness (QED) is 0.882. The van der Waals surface area contributed by atoms with E-state index < -0.39 is 0 Å². The van der Waals surface area contributed by atoms with Gasteiger partial charge in [-0.1, -0.05) is 23.7 Å². The molecule has 2 heterocycles. The number of rotatable bonds is 5. The molecule has 1 aromatic carbocycles. The van der Waals surface area contributed by atoms with Gasteiger partial charge >= 0.3 is 0 Å². The van der Waals surface area contributed by atoms with E-state index in [-0.39, 0.29) is 11.9 Å². The van der Waals surface area contributed by atoms with E-state index in [0.29, 0.717) is 10.7 Å². The van der Waals surface area contributed by atoms with Gasteiger partial charge in [-0.2, -0.15) is 11.3 Å². The van der Waals surface area contributed by atoms with Crippen LogP contribution in [0.5, 0.6) is 0 Å². The number of para-hydroxylation sites is 1. The van der Waals surface area contributed by atoms with Crippen molar-refractivity contribution in [3.8, 4) is 0 Å². The molecule has 0 aliphatic carbocycles. The second kappa shape index (κ2) is 8.12. The zero-order chi connectivity index (χ0) is 16.9.